The minimum absolute atomic E-state index is 0.0769. The molecule has 3 atom stereocenters. The highest BCUT2D eigenvalue weighted by Gasteiger charge is 2.48. The summed E-state index contributed by atoms with van der Waals surface area (Å²) in [6.45, 7) is 1.88. The van der Waals surface area contributed by atoms with Gasteiger partial charge in [-0.05, 0) is 82.9 Å². The van der Waals surface area contributed by atoms with E-state index < -0.39 is 41.9 Å². The summed E-state index contributed by atoms with van der Waals surface area (Å²) in [7, 11) is 1.56. The van der Waals surface area contributed by atoms with Gasteiger partial charge >= 0.3 is 11.9 Å². The Morgan fingerprint density at radius 2 is 1.48 bits per heavy atom. The Kier molecular flexibility index (Phi) is 13.2. The Bertz CT molecular complexity index is 2470. The zero-order valence-electron chi connectivity index (χ0n) is 33.4. The Hall–Kier alpha value is -6.98. The third-order valence-corrected chi connectivity index (χ3v) is 10.4. The van der Waals surface area contributed by atoms with Crippen LogP contribution in [0.4, 0.5) is 5.69 Å². The number of esters is 2. The minimum Gasteiger partial charge on any atom is -0.497 e. The molecular weight excluding hydrogens is 761 g/mol. The molecule has 306 valence electrons. The van der Waals surface area contributed by atoms with E-state index in [1.165, 1.54) is 4.90 Å². The number of benzene rings is 6. The van der Waals surface area contributed by atoms with Crippen LogP contribution in [-0.4, -0.2) is 67.9 Å². The third-order valence-electron chi connectivity index (χ3n) is 10.4. The number of ether oxygens (including phenoxy) is 4. The summed E-state index contributed by atoms with van der Waals surface area (Å²) in [6.07, 6.45) is -1.40. The lowest BCUT2D eigenvalue weighted by molar-refractivity contribution is -0.144. The topological polar surface area (TPSA) is 141 Å². The second kappa shape index (κ2) is 19.2. The number of carbonyl (C=O) groups is 4. The van der Waals surface area contributed by atoms with Crippen molar-refractivity contribution in [1.29, 1.82) is 0 Å². The Balaban J connectivity index is 1.38. The van der Waals surface area contributed by atoms with Gasteiger partial charge in [0.15, 0.2) is 0 Å². The molecule has 11 heteroatoms. The van der Waals surface area contributed by atoms with Gasteiger partial charge in [-0.1, -0.05) is 91.0 Å². The predicted octanol–water partition coefficient (Wildman–Crippen LogP) is 7.88. The van der Waals surface area contributed by atoms with Crippen molar-refractivity contribution < 1.29 is 43.2 Å². The predicted molar refractivity (Wildman–Crippen MR) is 228 cm³/mol. The first-order valence-corrected chi connectivity index (χ1v) is 19.9. The van der Waals surface area contributed by atoms with E-state index in [1.54, 1.807) is 80.8 Å². The first-order valence-electron chi connectivity index (χ1n) is 19.9. The molecule has 0 unspecified atom stereocenters. The van der Waals surface area contributed by atoms with Crippen molar-refractivity contribution in [3.63, 3.8) is 0 Å². The number of fused-ring (bicyclic) bond motifs is 2. The lowest BCUT2D eigenvalue weighted by Crippen LogP contribution is -2.58. The Morgan fingerprint density at radius 1 is 0.767 bits per heavy atom. The molecule has 11 nitrogen and oxygen atoms in total. The summed E-state index contributed by atoms with van der Waals surface area (Å²) in [6, 6.07) is 39.4. The zero-order valence-corrected chi connectivity index (χ0v) is 33.4. The average molecular weight is 807 g/mol. The van der Waals surface area contributed by atoms with Crippen LogP contribution >= 0.6 is 0 Å². The number of nitrogens with zero attached hydrogens (tertiary/aromatic N) is 1. The molecule has 6 aromatic rings. The largest absolute Gasteiger partial charge is 0.497 e. The number of rotatable bonds is 15. The molecule has 7 rings (SSSR count). The number of nitrogens with one attached hydrogen (secondary N) is 1. The van der Waals surface area contributed by atoms with Crippen LogP contribution in [0.15, 0.2) is 140 Å². The van der Waals surface area contributed by atoms with Gasteiger partial charge in [-0.2, -0.15) is 0 Å². The summed E-state index contributed by atoms with van der Waals surface area (Å²) >= 11 is 0. The Labute approximate surface area is 348 Å². The van der Waals surface area contributed by atoms with Gasteiger partial charge in [0.05, 0.1) is 50.8 Å². The smallest absolute Gasteiger partial charge is 0.339 e. The number of amides is 2. The van der Waals surface area contributed by atoms with Gasteiger partial charge in [-0.15, -0.1) is 0 Å². The second-order valence-electron chi connectivity index (χ2n) is 14.3. The molecule has 0 fully saturated rings. The third kappa shape index (κ3) is 9.32. The van der Waals surface area contributed by atoms with Gasteiger partial charge in [0.2, 0.25) is 5.91 Å². The first-order chi connectivity index (χ1) is 29.3. The maximum Gasteiger partial charge on any atom is 0.339 e. The maximum absolute atomic E-state index is 14.8. The average Bonchev–Trinajstić information content (AvgIpc) is 3.28. The van der Waals surface area contributed by atoms with E-state index in [-0.39, 0.29) is 38.2 Å². The zero-order chi connectivity index (χ0) is 42.0. The highest BCUT2D eigenvalue weighted by molar-refractivity contribution is 6.01. The van der Waals surface area contributed by atoms with Gasteiger partial charge in [-0.25, -0.2) is 4.79 Å². The number of anilines is 1. The van der Waals surface area contributed by atoms with E-state index in [4.69, 9.17) is 18.9 Å². The Morgan fingerprint density at radius 3 is 2.23 bits per heavy atom. The molecule has 60 heavy (non-hydrogen) atoms. The number of aliphatic hydroxyl groups excluding tert-OH is 1. The lowest BCUT2D eigenvalue weighted by atomic mass is 9.85. The van der Waals surface area contributed by atoms with E-state index in [1.807, 2.05) is 72.8 Å². The fourth-order valence-electron chi connectivity index (χ4n) is 7.57. The summed E-state index contributed by atoms with van der Waals surface area (Å²) in [5.41, 5.74) is 3.49. The highest BCUT2D eigenvalue weighted by Crippen LogP contribution is 2.43. The summed E-state index contributed by atoms with van der Waals surface area (Å²) in [5, 5.41) is 14.4. The number of carbonyl (C=O) groups excluding carboxylic acids is 4. The van der Waals surface area contributed by atoms with Gasteiger partial charge in [0.25, 0.3) is 5.91 Å². The normalized spacial score (nSPS) is 15.7. The molecule has 0 aromatic heterocycles. The van der Waals surface area contributed by atoms with Gasteiger partial charge in [0, 0.05) is 29.8 Å². The van der Waals surface area contributed by atoms with E-state index in [0.717, 1.165) is 16.3 Å². The van der Waals surface area contributed by atoms with Crippen molar-refractivity contribution in [3.05, 3.63) is 162 Å². The van der Waals surface area contributed by atoms with Crippen molar-refractivity contribution in [2.24, 2.45) is 0 Å². The summed E-state index contributed by atoms with van der Waals surface area (Å²) in [5.74, 6) is -1.19. The molecule has 6 aromatic carbocycles. The highest BCUT2D eigenvalue weighted by atomic mass is 16.6. The SMILES string of the molecule is CCOC(=O)C[C@H]1[C@H](OC(=O)c2ccccc2-c2ccccc2)[C@@H](NC(=O)c2ccc3ccccc3c2)c2cc(OCCCO)ccc2N1C(=O)Cc1ccc(OC)cc1. The van der Waals surface area contributed by atoms with E-state index >= 15 is 0 Å². The fraction of sp³-hybridized carbons (Fsp3) is 0.224. The standard InChI is InChI=1S/C49H46N2O9/c1-3-58-45(54)31-43-47(60-49(56)40-17-10-9-16-39(40)34-13-5-4-6-14-34)46(50-48(55)36-21-20-33-12-7-8-15-35(33)29-36)41-30-38(59-27-11-26-52)24-25-42(41)51(43)44(53)28-32-18-22-37(57-2)23-19-32/h4-10,12-25,29-30,43,46-47,52H,3,11,26-28,31H2,1-2H3,(H,50,55)/t43-,46-,47-/m0/s1. The molecule has 1 aliphatic rings. The molecule has 0 saturated carbocycles. The van der Waals surface area contributed by atoms with Crippen molar-refractivity contribution in [2.45, 2.75) is 44.4 Å². The number of hydrogen-bond donors (Lipinski definition) is 2. The van der Waals surface area contributed by atoms with Crippen LogP contribution in [0, 0.1) is 0 Å². The summed E-state index contributed by atoms with van der Waals surface area (Å²) in [4.78, 5) is 59.0. The second-order valence-corrected chi connectivity index (χ2v) is 14.3. The van der Waals surface area contributed by atoms with Gasteiger partial charge in [-0.3, -0.25) is 14.4 Å². The van der Waals surface area contributed by atoms with Crippen LogP contribution in [-0.2, 0) is 25.5 Å². The molecule has 1 aliphatic heterocycles. The molecule has 1 heterocycles. The van der Waals surface area contributed by atoms with Gasteiger partial charge in [0.1, 0.15) is 17.6 Å². The van der Waals surface area contributed by atoms with Crippen molar-refractivity contribution in [3.8, 4) is 22.6 Å². The molecule has 0 spiro atoms. The van der Waals surface area contributed by atoms with Crippen molar-refractivity contribution in [1.82, 2.24) is 5.32 Å². The molecule has 2 N–H and O–H groups in total. The van der Waals surface area contributed by atoms with E-state index in [2.05, 4.69) is 5.32 Å². The van der Waals surface area contributed by atoms with Crippen LogP contribution in [0.2, 0.25) is 0 Å². The van der Waals surface area contributed by atoms with Crippen LogP contribution in [0.25, 0.3) is 21.9 Å². The molecular formula is C49H46N2O9. The lowest BCUT2D eigenvalue weighted by Gasteiger charge is -2.45. The minimum atomic E-state index is -1.32. The van der Waals surface area contributed by atoms with E-state index in [9.17, 15) is 24.3 Å². The van der Waals surface area contributed by atoms with Crippen LogP contribution in [0.5, 0.6) is 11.5 Å². The fourth-order valence-corrected chi connectivity index (χ4v) is 7.57. The molecule has 2 amide bonds. The van der Waals surface area contributed by atoms with E-state index in [0.29, 0.717) is 45.9 Å². The quantitative estimate of drug-likeness (QED) is 0.0784. The monoisotopic (exact) mass is 806 g/mol. The first kappa shape index (κ1) is 41.2. The summed E-state index contributed by atoms with van der Waals surface area (Å²) < 4.78 is 23.4. The number of aliphatic hydroxyl groups is 1. The van der Waals surface area contributed by atoms with Crippen LogP contribution in [0.3, 0.4) is 0 Å². The molecule has 0 aliphatic carbocycles. The molecule has 0 saturated heterocycles. The number of methoxy groups -OCH3 is 1. The van der Waals surface area contributed by atoms with Crippen molar-refractivity contribution >= 4 is 40.2 Å². The van der Waals surface area contributed by atoms with Gasteiger partial charge < -0.3 is 34.3 Å². The van der Waals surface area contributed by atoms with Crippen LogP contribution in [0.1, 0.15) is 57.7 Å². The van der Waals surface area contributed by atoms with Crippen molar-refractivity contribution in [2.75, 3.05) is 31.8 Å². The molecule has 0 radical (unpaired) electrons. The maximum atomic E-state index is 14.8. The number of hydrogen-bond acceptors (Lipinski definition) is 9. The van der Waals surface area contributed by atoms with Crippen LogP contribution < -0.4 is 19.7 Å². The molecule has 0 bridgehead atoms.